The summed E-state index contributed by atoms with van der Waals surface area (Å²) in [6.45, 7) is 0. The van der Waals surface area contributed by atoms with Crippen molar-refractivity contribution in [1.29, 1.82) is 0 Å². The van der Waals surface area contributed by atoms with Crippen LogP contribution >= 0.6 is 0 Å². The molecule has 12 heavy (non-hydrogen) atoms. The molecule has 1 unspecified atom stereocenters. The second kappa shape index (κ2) is 3.60. The molecule has 0 spiro atoms. The highest BCUT2D eigenvalue weighted by atomic mass is 19.1. The maximum atomic E-state index is 12.9. The van der Waals surface area contributed by atoms with Crippen LogP contribution < -0.4 is 5.73 Å². The van der Waals surface area contributed by atoms with E-state index >= 15 is 0 Å². The van der Waals surface area contributed by atoms with Crippen LogP contribution in [-0.2, 0) is 4.74 Å². The Morgan fingerprint density at radius 2 is 2.08 bits per heavy atom. The van der Waals surface area contributed by atoms with E-state index in [1.807, 2.05) is 0 Å². The molecule has 0 radical (unpaired) electrons. The zero-order chi connectivity index (χ0) is 9.14. The van der Waals surface area contributed by atoms with Gasteiger partial charge in [-0.3, -0.25) is 0 Å². The Morgan fingerprint density at radius 1 is 1.42 bits per heavy atom. The zero-order valence-corrected chi connectivity index (χ0v) is 6.55. The lowest BCUT2D eigenvalue weighted by Gasteiger charge is -2.10. The van der Waals surface area contributed by atoms with Gasteiger partial charge in [0, 0.05) is 12.7 Å². The van der Waals surface area contributed by atoms with E-state index in [9.17, 15) is 8.78 Å². The standard InChI is InChI=1S/C8H9F2NO/c1-12-8(11)6-4-5(9)2-3-7(6)10/h2-4,8H,11H2,1H3. The number of nitrogens with two attached hydrogens (primary N) is 1. The quantitative estimate of drug-likeness (QED) is 0.689. The third kappa shape index (κ3) is 1.78. The first-order chi connectivity index (χ1) is 5.65. The maximum absolute atomic E-state index is 12.9. The van der Waals surface area contributed by atoms with Crippen LogP contribution in [0.5, 0.6) is 0 Å². The molecule has 0 heterocycles. The van der Waals surface area contributed by atoms with Gasteiger partial charge in [-0.15, -0.1) is 0 Å². The van der Waals surface area contributed by atoms with Gasteiger partial charge in [0.1, 0.15) is 17.9 Å². The normalized spacial score (nSPS) is 13.0. The number of benzene rings is 1. The Bertz CT molecular complexity index is 278. The van der Waals surface area contributed by atoms with Crippen LogP contribution in [0.25, 0.3) is 0 Å². The van der Waals surface area contributed by atoms with E-state index < -0.39 is 17.9 Å². The van der Waals surface area contributed by atoms with Gasteiger partial charge in [-0.2, -0.15) is 0 Å². The molecule has 1 aromatic carbocycles. The molecule has 2 N–H and O–H groups in total. The van der Waals surface area contributed by atoms with E-state index in [-0.39, 0.29) is 5.56 Å². The van der Waals surface area contributed by atoms with Crippen molar-refractivity contribution in [1.82, 2.24) is 0 Å². The molecule has 0 saturated heterocycles. The van der Waals surface area contributed by atoms with Gasteiger partial charge in [0.25, 0.3) is 0 Å². The second-order valence-electron chi connectivity index (χ2n) is 2.32. The Morgan fingerprint density at radius 3 is 2.67 bits per heavy atom. The summed E-state index contributed by atoms with van der Waals surface area (Å²) in [7, 11) is 1.33. The molecule has 0 aromatic heterocycles. The third-order valence-corrected chi connectivity index (χ3v) is 1.52. The Kier molecular flexibility index (Phi) is 2.73. The van der Waals surface area contributed by atoms with Crippen LogP contribution in [0, 0.1) is 11.6 Å². The van der Waals surface area contributed by atoms with Gasteiger partial charge in [0.2, 0.25) is 0 Å². The minimum absolute atomic E-state index is 0.0255. The van der Waals surface area contributed by atoms with Crippen molar-refractivity contribution in [2.24, 2.45) is 5.73 Å². The first kappa shape index (κ1) is 9.09. The van der Waals surface area contributed by atoms with Crippen molar-refractivity contribution in [2.45, 2.75) is 6.23 Å². The molecule has 0 aliphatic heterocycles. The van der Waals surface area contributed by atoms with Crippen LogP contribution in [0.15, 0.2) is 18.2 Å². The molecule has 0 aliphatic rings. The summed E-state index contributed by atoms with van der Waals surface area (Å²) in [5.74, 6) is -1.09. The Balaban J connectivity index is 3.04. The summed E-state index contributed by atoms with van der Waals surface area (Å²) in [6.07, 6.45) is -0.916. The molecule has 0 amide bonds. The average Bonchev–Trinajstić information content (AvgIpc) is 2.08. The smallest absolute Gasteiger partial charge is 0.134 e. The molecule has 1 rings (SSSR count). The third-order valence-electron chi connectivity index (χ3n) is 1.52. The number of rotatable bonds is 2. The van der Waals surface area contributed by atoms with Crippen molar-refractivity contribution in [3.8, 4) is 0 Å². The molecule has 0 aliphatic carbocycles. The zero-order valence-electron chi connectivity index (χ0n) is 6.55. The molecule has 66 valence electrons. The molecule has 1 atom stereocenters. The van der Waals surface area contributed by atoms with Gasteiger partial charge in [0.05, 0.1) is 0 Å². The van der Waals surface area contributed by atoms with Gasteiger partial charge in [-0.05, 0) is 18.2 Å². The van der Waals surface area contributed by atoms with Gasteiger partial charge in [0.15, 0.2) is 0 Å². The topological polar surface area (TPSA) is 35.2 Å². The summed E-state index contributed by atoms with van der Waals surface area (Å²) in [4.78, 5) is 0. The molecule has 0 bridgehead atoms. The van der Waals surface area contributed by atoms with E-state index in [1.54, 1.807) is 0 Å². The first-order valence-corrected chi connectivity index (χ1v) is 3.38. The minimum Gasteiger partial charge on any atom is -0.362 e. The maximum Gasteiger partial charge on any atom is 0.134 e. The largest absolute Gasteiger partial charge is 0.362 e. The lowest BCUT2D eigenvalue weighted by molar-refractivity contribution is 0.106. The number of hydrogen-bond donors (Lipinski definition) is 1. The summed E-state index contributed by atoms with van der Waals surface area (Å²) >= 11 is 0. The molecule has 0 fully saturated rings. The highest BCUT2D eigenvalue weighted by Crippen LogP contribution is 2.16. The van der Waals surface area contributed by atoms with Crippen LogP contribution in [0.2, 0.25) is 0 Å². The van der Waals surface area contributed by atoms with Crippen LogP contribution in [0.3, 0.4) is 0 Å². The predicted octanol–water partition coefficient (Wildman–Crippen LogP) is 1.57. The van der Waals surface area contributed by atoms with Crippen LogP contribution in [-0.4, -0.2) is 7.11 Å². The summed E-state index contributed by atoms with van der Waals surface area (Å²) in [5.41, 5.74) is 5.36. The fraction of sp³-hybridized carbons (Fsp3) is 0.250. The fourth-order valence-electron chi connectivity index (χ4n) is 0.860. The van der Waals surface area contributed by atoms with Crippen molar-refractivity contribution in [3.63, 3.8) is 0 Å². The molecule has 4 heteroatoms. The van der Waals surface area contributed by atoms with Crippen molar-refractivity contribution in [2.75, 3.05) is 7.11 Å². The summed E-state index contributed by atoms with van der Waals surface area (Å²) < 4.78 is 30.1. The van der Waals surface area contributed by atoms with Gasteiger partial charge < -0.3 is 10.5 Å². The number of ether oxygens (including phenoxy) is 1. The molecular weight excluding hydrogens is 164 g/mol. The van der Waals surface area contributed by atoms with Crippen molar-refractivity contribution in [3.05, 3.63) is 35.4 Å². The molecule has 1 aromatic rings. The SMILES string of the molecule is COC(N)c1cc(F)ccc1F. The first-order valence-electron chi connectivity index (χ1n) is 3.38. The van der Waals surface area contributed by atoms with Crippen LogP contribution in [0.1, 0.15) is 11.8 Å². The van der Waals surface area contributed by atoms with E-state index in [1.165, 1.54) is 7.11 Å². The van der Waals surface area contributed by atoms with Crippen molar-refractivity contribution < 1.29 is 13.5 Å². The van der Waals surface area contributed by atoms with Crippen LogP contribution in [0.4, 0.5) is 8.78 Å². The fourth-order valence-corrected chi connectivity index (χ4v) is 0.860. The summed E-state index contributed by atoms with van der Waals surface area (Å²) in [6, 6.07) is 3.06. The van der Waals surface area contributed by atoms with Gasteiger partial charge in [-0.1, -0.05) is 0 Å². The van der Waals surface area contributed by atoms with Gasteiger partial charge >= 0.3 is 0 Å². The lowest BCUT2D eigenvalue weighted by atomic mass is 10.2. The highest BCUT2D eigenvalue weighted by Gasteiger charge is 2.10. The summed E-state index contributed by atoms with van der Waals surface area (Å²) in [5, 5.41) is 0. The number of hydrogen-bond acceptors (Lipinski definition) is 2. The Hall–Kier alpha value is -1.00. The predicted molar refractivity (Wildman–Crippen MR) is 40.3 cm³/mol. The van der Waals surface area contributed by atoms with E-state index in [4.69, 9.17) is 5.73 Å². The van der Waals surface area contributed by atoms with E-state index in [0.29, 0.717) is 0 Å². The molecule has 0 saturated carbocycles. The highest BCUT2D eigenvalue weighted by molar-refractivity contribution is 5.20. The van der Waals surface area contributed by atoms with E-state index in [2.05, 4.69) is 4.74 Å². The number of halogens is 2. The average molecular weight is 173 g/mol. The minimum atomic E-state index is -0.916. The lowest BCUT2D eigenvalue weighted by Crippen LogP contribution is -2.14. The van der Waals surface area contributed by atoms with Crippen molar-refractivity contribution >= 4 is 0 Å². The Labute approximate surface area is 68.9 Å². The molecule has 2 nitrogen and oxygen atoms in total. The van der Waals surface area contributed by atoms with Gasteiger partial charge in [-0.25, -0.2) is 8.78 Å². The molecular formula is C8H9F2NO. The van der Waals surface area contributed by atoms with E-state index in [0.717, 1.165) is 18.2 Å². The monoisotopic (exact) mass is 173 g/mol. The number of methoxy groups -OCH3 is 1. The second-order valence-corrected chi connectivity index (χ2v) is 2.32.